The van der Waals surface area contributed by atoms with Crippen LogP contribution in [0.3, 0.4) is 0 Å². The average Bonchev–Trinajstić information content (AvgIpc) is 3.21. The van der Waals surface area contributed by atoms with Crippen LogP contribution in [0.1, 0.15) is 39.5 Å². The number of hydrogen-bond donors (Lipinski definition) is 2. The average molecular weight is 270 g/mol. The van der Waals surface area contributed by atoms with Crippen molar-refractivity contribution >= 4 is 0 Å². The Kier molecular flexibility index (Phi) is 5.63. The molecule has 1 aliphatic heterocycles. The smallest absolute Gasteiger partial charge is 0.0558 e. The quantitative estimate of drug-likeness (QED) is 0.696. The third kappa shape index (κ3) is 4.71. The Balaban J connectivity index is 1.93. The van der Waals surface area contributed by atoms with E-state index < -0.39 is 0 Å². The van der Waals surface area contributed by atoms with Gasteiger partial charge in [-0.3, -0.25) is 4.90 Å². The zero-order valence-corrected chi connectivity index (χ0v) is 12.5. The molecule has 112 valence electrons. The van der Waals surface area contributed by atoms with Gasteiger partial charge in [-0.15, -0.1) is 0 Å². The molecule has 0 radical (unpaired) electrons. The van der Waals surface area contributed by atoms with Crippen molar-refractivity contribution in [3.63, 3.8) is 0 Å². The maximum absolute atomic E-state index is 9.24. The molecule has 1 unspecified atom stereocenters. The first-order valence-electron chi connectivity index (χ1n) is 7.81. The van der Waals surface area contributed by atoms with Crippen molar-refractivity contribution in [3.05, 3.63) is 0 Å². The molecule has 4 nitrogen and oxygen atoms in total. The van der Waals surface area contributed by atoms with Crippen LogP contribution in [0.25, 0.3) is 0 Å². The van der Waals surface area contributed by atoms with Crippen molar-refractivity contribution in [3.8, 4) is 0 Å². The van der Waals surface area contributed by atoms with Gasteiger partial charge in [0, 0.05) is 43.7 Å². The van der Waals surface area contributed by atoms with Crippen LogP contribution in [-0.2, 0) is 4.74 Å². The van der Waals surface area contributed by atoms with Gasteiger partial charge in [-0.1, -0.05) is 0 Å². The van der Waals surface area contributed by atoms with E-state index in [0.29, 0.717) is 6.04 Å². The number of aliphatic hydroxyl groups is 1. The van der Waals surface area contributed by atoms with Crippen molar-refractivity contribution < 1.29 is 9.84 Å². The summed E-state index contributed by atoms with van der Waals surface area (Å²) in [6, 6.07) is 1.23. The monoisotopic (exact) mass is 270 g/mol. The normalized spacial score (nSPS) is 28.3. The van der Waals surface area contributed by atoms with E-state index in [-0.39, 0.29) is 12.0 Å². The van der Waals surface area contributed by atoms with Gasteiger partial charge in [-0.2, -0.15) is 0 Å². The first-order chi connectivity index (χ1) is 9.15. The summed E-state index contributed by atoms with van der Waals surface area (Å²) in [5.41, 5.74) is 0.236. The molecule has 2 aliphatic rings. The van der Waals surface area contributed by atoms with Crippen molar-refractivity contribution in [2.24, 2.45) is 5.41 Å². The second-order valence-corrected chi connectivity index (χ2v) is 6.60. The van der Waals surface area contributed by atoms with Crippen LogP contribution in [0, 0.1) is 5.41 Å². The Hall–Kier alpha value is -0.160. The lowest BCUT2D eigenvalue weighted by Crippen LogP contribution is -2.51. The SMILES string of the molecule is CC(C)N(CCO)CC1(CNC2CC2)CCCOC1. The van der Waals surface area contributed by atoms with Crippen LogP contribution in [0.15, 0.2) is 0 Å². The molecule has 0 aromatic rings. The van der Waals surface area contributed by atoms with E-state index in [1.54, 1.807) is 0 Å². The number of hydrogen-bond acceptors (Lipinski definition) is 4. The van der Waals surface area contributed by atoms with Crippen molar-refractivity contribution in [2.75, 3.05) is 39.5 Å². The molecular weight excluding hydrogens is 240 g/mol. The van der Waals surface area contributed by atoms with Crippen molar-refractivity contribution in [1.29, 1.82) is 0 Å². The zero-order chi connectivity index (χ0) is 13.7. The number of nitrogens with one attached hydrogen (secondary N) is 1. The van der Waals surface area contributed by atoms with Gasteiger partial charge >= 0.3 is 0 Å². The summed E-state index contributed by atoms with van der Waals surface area (Å²) >= 11 is 0. The summed E-state index contributed by atoms with van der Waals surface area (Å²) in [6.45, 7) is 9.29. The lowest BCUT2D eigenvalue weighted by Gasteiger charge is -2.42. The largest absolute Gasteiger partial charge is 0.395 e. The molecule has 0 spiro atoms. The molecule has 4 heteroatoms. The number of rotatable bonds is 8. The van der Waals surface area contributed by atoms with E-state index in [1.807, 2.05) is 0 Å². The lowest BCUT2D eigenvalue weighted by atomic mass is 9.81. The molecule has 0 aromatic carbocycles. The minimum absolute atomic E-state index is 0.236. The number of nitrogens with zero attached hydrogens (tertiary/aromatic N) is 1. The second-order valence-electron chi connectivity index (χ2n) is 6.60. The van der Waals surface area contributed by atoms with Gasteiger partial charge in [0.15, 0.2) is 0 Å². The molecule has 0 aromatic heterocycles. The minimum Gasteiger partial charge on any atom is -0.395 e. The highest BCUT2D eigenvalue weighted by Gasteiger charge is 2.36. The third-order valence-corrected chi connectivity index (χ3v) is 4.40. The highest BCUT2D eigenvalue weighted by molar-refractivity contribution is 4.91. The fourth-order valence-corrected chi connectivity index (χ4v) is 2.96. The van der Waals surface area contributed by atoms with E-state index >= 15 is 0 Å². The summed E-state index contributed by atoms with van der Waals surface area (Å²) in [7, 11) is 0. The van der Waals surface area contributed by atoms with Gasteiger partial charge in [-0.25, -0.2) is 0 Å². The molecule has 2 fully saturated rings. The van der Waals surface area contributed by atoms with Gasteiger partial charge in [0.2, 0.25) is 0 Å². The molecule has 1 saturated heterocycles. The Morgan fingerprint density at radius 2 is 2.21 bits per heavy atom. The Labute approximate surface area is 117 Å². The molecule has 1 saturated carbocycles. The number of aliphatic hydroxyl groups excluding tert-OH is 1. The lowest BCUT2D eigenvalue weighted by molar-refractivity contribution is -0.0331. The van der Waals surface area contributed by atoms with Crippen molar-refractivity contribution in [1.82, 2.24) is 10.2 Å². The van der Waals surface area contributed by atoms with E-state index in [9.17, 15) is 5.11 Å². The molecule has 2 rings (SSSR count). The summed E-state index contributed by atoms with van der Waals surface area (Å²) in [5, 5.41) is 12.9. The molecule has 1 atom stereocenters. The standard InChI is InChI=1S/C15H30N2O2/c1-13(2)17(7-8-18)11-15(6-3-9-19-12-15)10-16-14-4-5-14/h13-14,16,18H,3-12H2,1-2H3. The number of ether oxygens (including phenoxy) is 1. The predicted molar refractivity (Wildman–Crippen MR) is 77.3 cm³/mol. The summed E-state index contributed by atoms with van der Waals surface area (Å²) in [4.78, 5) is 2.39. The van der Waals surface area contributed by atoms with Crippen LogP contribution < -0.4 is 5.32 Å². The van der Waals surface area contributed by atoms with Crippen LogP contribution in [0.5, 0.6) is 0 Å². The summed E-state index contributed by atoms with van der Waals surface area (Å²) < 4.78 is 5.77. The van der Waals surface area contributed by atoms with Crippen molar-refractivity contribution in [2.45, 2.75) is 51.6 Å². The van der Waals surface area contributed by atoms with E-state index in [2.05, 4.69) is 24.1 Å². The molecule has 1 aliphatic carbocycles. The highest BCUT2D eigenvalue weighted by atomic mass is 16.5. The predicted octanol–water partition coefficient (Wildman–Crippen LogP) is 1.24. The highest BCUT2D eigenvalue weighted by Crippen LogP contribution is 2.31. The van der Waals surface area contributed by atoms with E-state index in [0.717, 1.165) is 45.3 Å². The van der Waals surface area contributed by atoms with Crippen LogP contribution in [-0.4, -0.2) is 61.5 Å². The topological polar surface area (TPSA) is 44.7 Å². The summed E-state index contributed by atoms with van der Waals surface area (Å²) in [6.07, 6.45) is 5.07. The van der Waals surface area contributed by atoms with E-state index in [1.165, 1.54) is 19.3 Å². The maximum atomic E-state index is 9.24. The van der Waals surface area contributed by atoms with Gasteiger partial charge in [0.1, 0.15) is 0 Å². The molecule has 19 heavy (non-hydrogen) atoms. The van der Waals surface area contributed by atoms with E-state index in [4.69, 9.17) is 4.74 Å². The van der Waals surface area contributed by atoms with Crippen LogP contribution >= 0.6 is 0 Å². The minimum atomic E-state index is 0.236. The fourth-order valence-electron chi connectivity index (χ4n) is 2.96. The molecule has 1 heterocycles. The van der Waals surface area contributed by atoms with Gasteiger partial charge < -0.3 is 15.2 Å². The molecule has 0 amide bonds. The third-order valence-electron chi connectivity index (χ3n) is 4.40. The first kappa shape index (κ1) is 15.2. The van der Waals surface area contributed by atoms with Crippen LogP contribution in [0.2, 0.25) is 0 Å². The molecular formula is C15H30N2O2. The van der Waals surface area contributed by atoms with Gasteiger partial charge in [-0.05, 0) is 39.5 Å². The Morgan fingerprint density at radius 3 is 2.74 bits per heavy atom. The fraction of sp³-hybridized carbons (Fsp3) is 1.00. The summed E-state index contributed by atoms with van der Waals surface area (Å²) in [5.74, 6) is 0. The Bertz CT molecular complexity index is 261. The van der Waals surface area contributed by atoms with Gasteiger partial charge in [0.25, 0.3) is 0 Å². The van der Waals surface area contributed by atoms with Crippen LogP contribution in [0.4, 0.5) is 0 Å². The zero-order valence-electron chi connectivity index (χ0n) is 12.5. The van der Waals surface area contributed by atoms with Gasteiger partial charge in [0.05, 0.1) is 13.2 Å². The maximum Gasteiger partial charge on any atom is 0.0558 e. The Morgan fingerprint density at radius 1 is 1.42 bits per heavy atom. The molecule has 2 N–H and O–H groups in total. The molecule has 0 bridgehead atoms. The second kappa shape index (κ2) is 7.02. The first-order valence-corrected chi connectivity index (χ1v) is 7.81.